The van der Waals surface area contributed by atoms with Gasteiger partial charge in [-0.2, -0.15) is 13.2 Å². The lowest BCUT2D eigenvalue weighted by Gasteiger charge is -2.31. The molecule has 0 amide bonds. The summed E-state index contributed by atoms with van der Waals surface area (Å²) in [5, 5.41) is 3.14. The quantitative estimate of drug-likeness (QED) is 0.588. The molecule has 1 aliphatic carbocycles. The molecule has 0 aromatic rings. The van der Waals surface area contributed by atoms with Gasteiger partial charge in [0, 0.05) is 12.6 Å². The van der Waals surface area contributed by atoms with Crippen molar-refractivity contribution in [2.45, 2.75) is 44.8 Å². The first-order valence-electron chi connectivity index (χ1n) is 6.42. The summed E-state index contributed by atoms with van der Waals surface area (Å²) in [6, 6.07) is -0.0289. The van der Waals surface area contributed by atoms with Crippen LogP contribution in [0.2, 0.25) is 0 Å². The minimum atomic E-state index is -4.04. The van der Waals surface area contributed by atoms with Crippen LogP contribution in [0.25, 0.3) is 0 Å². The number of hydrogen-bond acceptors (Lipinski definition) is 2. The molecule has 5 heteroatoms. The Morgan fingerprint density at radius 2 is 2.11 bits per heavy atom. The van der Waals surface area contributed by atoms with E-state index in [0.717, 1.165) is 12.0 Å². The zero-order valence-corrected chi connectivity index (χ0v) is 10.9. The first-order valence-corrected chi connectivity index (χ1v) is 6.42. The van der Waals surface area contributed by atoms with Crippen molar-refractivity contribution in [1.82, 2.24) is 5.32 Å². The number of halogens is 3. The van der Waals surface area contributed by atoms with Crippen molar-refractivity contribution in [1.29, 1.82) is 0 Å². The van der Waals surface area contributed by atoms with Crippen LogP contribution in [0.3, 0.4) is 0 Å². The van der Waals surface area contributed by atoms with Crippen molar-refractivity contribution < 1.29 is 17.9 Å². The second-order valence-corrected chi connectivity index (χ2v) is 5.07. The summed E-state index contributed by atoms with van der Waals surface area (Å²) in [6.07, 6.45) is -2.10. The number of alkyl halides is 3. The SMILES string of the molecule is C=C(C)COCCNC1CCCC(C(F)(F)F)C1. The molecule has 1 aliphatic rings. The third-order valence-electron chi connectivity index (χ3n) is 3.16. The van der Waals surface area contributed by atoms with Crippen molar-refractivity contribution >= 4 is 0 Å². The molecule has 106 valence electrons. The molecular formula is C13H22F3NO. The van der Waals surface area contributed by atoms with Crippen LogP contribution in [0.15, 0.2) is 12.2 Å². The molecule has 0 heterocycles. The van der Waals surface area contributed by atoms with Crippen LogP contribution in [0.4, 0.5) is 13.2 Å². The van der Waals surface area contributed by atoms with Crippen LogP contribution >= 0.6 is 0 Å². The molecule has 1 saturated carbocycles. The summed E-state index contributed by atoms with van der Waals surface area (Å²) in [6.45, 7) is 7.21. The summed E-state index contributed by atoms with van der Waals surface area (Å²) < 4.78 is 43.0. The largest absolute Gasteiger partial charge is 0.391 e. The van der Waals surface area contributed by atoms with Crippen molar-refractivity contribution in [3.63, 3.8) is 0 Å². The standard InChI is InChI=1S/C13H22F3NO/c1-10(2)9-18-7-6-17-12-5-3-4-11(8-12)13(14,15)16/h11-12,17H,1,3-9H2,2H3. The maximum atomic E-state index is 12.6. The van der Waals surface area contributed by atoms with E-state index < -0.39 is 12.1 Å². The lowest BCUT2D eigenvalue weighted by molar-refractivity contribution is -0.183. The minimum absolute atomic E-state index is 0.0289. The van der Waals surface area contributed by atoms with Crippen molar-refractivity contribution in [2.24, 2.45) is 5.92 Å². The van der Waals surface area contributed by atoms with E-state index in [1.165, 1.54) is 0 Å². The third kappa shape index (κ3) is 5.87. The van der Waals surface area contributed by atoms with Gasteiger partial charge in [0.15, 0.2) is 0 Å². The van der Waals surface area contributed by atoms with Crippen molar-refractivity contribution in [3.8, 4) is 0 Å². The highest BCUT2D eigenvalue weighted by Crippen LogP contribution is 2.37. The van der Waals surface area contributed by atoms with Crippen LogP contribution in [0.1, 0.15) is 32.6 Å². The molecule has 1 N–H and O–H groups in total. The van der Waals surface area contributed by atoms with E-state index in [0.29, 0.717) is 26.2 Å². The summed E-state index contributed by atoms with van der Waals surface area (Å²) in [5.74, 6) is -1.14. The lowest BCUT2D eigenvalue weighted by Crippen LogP contribution is -2.40. The van der Waals surface area contributed by atoms with Gasteiger partial charge in [0.25, 0.3) is 0 Å². The highest BCUT2D eigenvalue weighted by molar-refractivity contribution is 4.87. The molecule has 0 aromatic carbocycles. The number of nitrogens with one attached hydrogen (secondary N) is 1. The Bertz CT molecular complexity index is 265. The molecule has 0 radical (unpaired) electrons. The van der Waals surface area contributed by atoms with E-state index in [1.807, 2.05) is 6.92 Å². The fraction of sp³-hybridized carbons (Fsp3) is 0.846. The molecule has 2 unspecified atom stereocenters. The maximum Gasteiger partial charge on any atom is 0.391 e. The van der Waals surface area contributed by atoms with Gasteiger partial charge in [-0.25, -0.2) is 0 Å². The van der Waals surface area contributed by atoms with Gasteiger partial charge in [-0.05, 0) is 26.2 Å². The third-order valence-corrected chi connectivity index (χ3v) is 3.16. The van der Waals surface area contributed by atoms with Gasteiger partial charge < -0.3 is 10.1 Å². The van der Waals surface area contributed by atoms with E-state index in [4.69, 9.17) is 4.74 Å². The van der Waals surface area contributed by atoms with E-state index in [2.05, 4.69) is 11.9 Å². The van der Waals surface area contributed by atoms with Gasteiger partial charge in [-0.3, -0.25) is 0 Å². The van der Waals surface area contributed by atoms with Gasteiger partial charge in [0.1, 0.15) is 0 Å². The van der Waals surface area contributed by atoms with Crippen molar-refractivity contribution in [3.05, 3.63) is 12.2 Å². The summed E-state index contributed by atoms with van der Waals surface area (Å²) in [5.41, 5.74) is 0.949. The Morgan fingerprint density at radius 3 is 2.72 bits per heavy atom. The molecule has 1 fully saturated rings. The highest BCUT2D eigenvalue weighted by atomic mass is 19.4. The molecular weight excluding hydrogens is 243 g/mol. The first-order chi connectivity index (χ1) is 8.39. The monoisotopic (exact) mass is 265 g/mol. The topological polar surface area (TPSA) is 21.3 Å². The van der Waals surface area contributed by atoms with E-state index >= 15 is 0 Å². The Morgan fingerprint density at radius 1 is 1.39 bits per heavy atom. The normalized spacial score (nSPS) is 25.1. The van der Waals surface area contributed by atoms with Crippen LogP contribution in [0.5, 0.6) is 0 Å². The summed E-state index contributed by atoms with van der Waals surface area (Å²) in [7, 11) is 0. The van der Waals surface area contributed by atoms with Crippen LogP contribution in [0, 0.1) is 5.92 Å². The maximum absolute atomic E-state index is 12.6. The number of hydrogen-bond donors (Lipinski definition) is 1. The van der Waals surface area contributed by atoms with Gasteiger partial charge in [-0.15, -0.1) is 0 Å². The Balaban J connectivity index is 2.16. The average Bonchev–Trinajstić information content (AvgIpc) is 2.27. The van der Waals surface area contributed by atoms with Gasteiger partial charge in [0.05, 0.1) is 19.1 Å². The van der Waals surface area contributed by atoms with Crippen molar-refractivity contribution in [2.75, 3.05) is 19.8 Å². The van der Waals surface area contributed by atoms with Crippen LogP contribution in [-0.4, -0.2) is 32.0 Å². The Labute approximate surface area is 107 Å². The molecule has 2 nitrogen and oxygen atoms in total. The second kappa shape index (κ2) is 7.14. The van der Waals surface area contributed by atoms with Gasteiger partial charge >= 0.3 is 6.18 Å². The lowest BCUT2D eigenvalue weighted by atomic mass is 9.85. The zero-order chi connectivity index (χ0) is 13.6. The van der Waals surface area contributed by atoms with Gasteiger partial charge in [0.2, 0.25) is 0 Å². The average molecular weight is 265 g/mol. The molecule has 0 saturated heterocycles. The molecule has 0 aromatic heterocycles. The summed E-state index contributed by atoms with van der Waals surface area (Å²) in [4.78, 5) is 0. The molecule has 0 spiro atoms. The molecule has 1 rings (SSSR count). The Hall–Kier alpha value is -0.550. The van der Waals surface area contributed by atoms with Crippen LogP contribution < -0.4 is 5.32 Å². The Kier molecular flexibility index (Phi) is 6.15. The van der Waals surface area contributed by atoms with E-state index in [-0.39, 0.29) is 18.9 Å². The number of ether oxygens (including phenoxy) is 1. The fourth-order valence-electron chi connectivity index (χ4n) is 2.25. The molecule has 2 atom stereocenters. The molecule has 0 aliphatic heterocycles. The predicted molar refractivity (Wildman–Crippen MR) is 65.4 cm³/mol. The van der Waals surface area contributed by atoms with E-state index in [1.54, 1.807) is 0 Å². The van der Waals surface area contributed by atoms with Crippen LogP contribution in [-0.2, 0) is 4.74 Å². The smallest absolute Gasteiger partial charge is 0.376 e. The predicted octanol–water partition coefficient (Wildman–Crippen LogP) is 3.29. The first kappa shape index (κ1) is 15.5. The molecule has 18 heavy (non-hydrogen) atoms. The highest BCUT2D eigenvalue weighted by Gasteiger charge is 2.41. The second-order valence-electron chi connectivity index (χ2n) is 5.07. The van der Waals surface area contributed by atoms with Gasteiger partial charge in [-0.1, -0.05) is 18.6 Å². The minimum Gasteiger partial charge on any atom is -0.376 e. The van der Waals surface area contributed by atoms with E-state index in [9.17, 15) is 13.2 Å². The molecule has 0 bridgehead atoms. The number of rotatable bonds is 6. The summed E-state index contributed by atoms with van der Waals surface area (Å²) >= 11 is 0. The zero-order valence-electron chi connectivity index (χ0n) is 10.9. The fourth-order valence-corrected chi connectivity index (χ4v) is 2.25.